The first-order chi connectivity index (χ1) is 11.2. The van der Waals surface area contributed by atoms with Gasteiger partial charge >= 0.3 is 0 Å². The zero-order valence-electron chi connectivity index (χ0n) is 12.1. The fourth-order valence-electron chi connectivity index (χ4n) is 1.95. The van der Waals surface area contributed by atoms with Gasteiger partial charge in [0, 0.05) is 36.1 Å². The van der Waals surface area contributed by atoms with E-state index in [1.807, 2.05) is 5.38 Å². The summed E-state index contributed by atoms with van der Waals surface area (Å²) >= 11 is 1.46. The predicted molar refractivity (Wildman–Crippen MR) is 85.3 cm³/mol. The van der Waals surface area contributed by atoms with E-state index in [0.717, 1.165) is 16.4 Å². The molecule has 3 rings (SSSR count). The van der Waals surface area contributed by atoms with E-state index in [0.29, 0.717) is 18.7 Å². The Labute approximate surface area is 136 Å². The first-order valence-electron chi connectivity index (χ1n) is 6.93. The van der Waals surface area contributed by atoms with Crippen LogP contribution in [-0.2, 0) is 17.8 Å². The smallest absolute Gasteiger partial charge is 0.237 e. The maximum absolute atomic E-state index is 12.0. The number of nitrogens with one attached hydrogen (secondary N) is 2. The molecular weight excluding hydrogens is 314 g/mol. The average molecular weight is 329 g/mol. The third kappa shape index (κ3) is 3.96. The molecule has 8 nitrogen and oxygen atoms in total. The summed E-state index contributed by atoms with van der Waals surface area (Å²) in [5, 5.41) is 5.43. The molecule has 0 aromatic carbocycles. The van der Waals surface area contributed by atoms with Crippen molar-refractivity contribution in [2.45, 2.75) is 19.0 Å². The van der Waals surface area contributed by atoms with Gasteiger partial charge in [0.1, 0.15) is 10.7 Å². The van der Waals surface area contributed by atoms with Crippen molar-refractivity contribution in [2.24, 2.45) is 5.73 Å². The Balaban J connectivity index is 1.54. The Morgan fingerprint density at radius 3 is 3.00 bits per heavy atom. The van der Waals surface area contributed by atoms with E-state index in [-0.39, 0.29) is 5.91 Å². The number of nitrogens with two attached hydrogens (primary N) is 1. The van der Waals surface area contributed by atoms with Crippen molar-refractivity contribution in [3.05, 3.63) is 47.9 Å². The zero-order chi connectivity index (χ0) is 16.1. The topological polar surface area (TPSA) is 122 Å². The van der Waals surface area contributed by atoms with Gasteiger partial charge in [-0.3, -0.25) is 14.8 Å². The van der Waals surface area contributed by atoms with Crippen LogP contribution < -0.4 is 11.1 Å². The molecule has 3 aromatic rings. The fraction of sp³-hybridized carbons (Fsp3) is 0.214. The van der Waals surface area contributed by atoms with E-state index in [4.69, 9.17) is 5.73 Å². The Bertz CT molecular complexity index is 757. The van der Waals surface area contributed by atoms with Crippen molar-refractivity contribution in [1.82, 2.24) is 30.2 Å². The lowest BCUT2D eigenvalue weighted by atomic mass is 10.1. The lowest BCUT2D eigenvalue weighted by Gasteiger charge is -2.10. The summed E-state index contributed by atoms with van der Waals surface area (Å²) < 4.78 is 0. The Morgan fingerprint density at radius 2 is 2.26 bits per heavy atom. The molecular formula is C14H15N7OS. The molecule has 0 radical (unpaired) electrons. The first-order valence-corrected chi connectivity index (χ1v) is 7.81. The number of aromatic nitrogens is 5. The van der Waals surface area contributed by atoms with Crippen LogP contribution >= 0.6 is 11.3 Å². The normalized spacial score (nSPS) is 12.0. The second-order valence-corrected chi connectivity index (χ2v) is 5.70. The number of thiazole rings is 1. The standard InChI is InChI=1S/C14H15N7OS/c15-11(3-9-4-17-8-20-9)13(22)19-5-10-7-23-14(21-10)12-6-16-1-2-18-12/h1-2,4,6-8,11H,3,5,15H2,(H,17,20)(H,19,22)/t11-/m0/s1. The van der Waals surface area contributed by atoms with Crippen LogP contribution in [0.15, 0.2) is 36.5 Å². The lowest BCUT2D eigenvalue weighted by Crippen LogP contribution is -2.41. The average Bonchev–Trinajstić information content (AvgIpc) is 3.25. The molecule has 9 heteroatoms. The molecule has 118 valence electrons. The number of rotatable bonds is 6. The molecule has 3 heterocycles. The molecule has 1 atom stereocenters. The SMILES string of the molecule is N[C@@H](Cc1cnc[nH]1)C(=O)NCc1csc(-c2cnccn2)n1. The third-order valence-corrected chi connectivity index (χ3v) is 4.02. The van der Waals surface area contributed by atoms with Gasteiger partial charge in [-0.15, -0.1) is 11.3 Å². The van der Waals surface area contributed by atoms with Crippen LogP contribution in [0.1, 0.15) is 11.4 Å². The summed E-state index contributed by atoms with van der Waals surface area (Å²) in [5.74, 6) is -0.228. The number of hydrogen-bond acceptors (Lipinski definition) is 7. The Hall–Kier alpha value is -2.65. The van der Waals surface area contributed by atoms with Crippen LogP contribution in [0.5, 0.6) is 0 Å². The fourth-order valence-corrected chi connectivity index (χ4v) is 2.73. The highest BCUT2D eigenvalue weighted by molar-refractivity contribution is 7.13. The Morgan fingerprint density at radius 1 is 1.35 bits per heavy atom. The highest BCUT2D eigenvalue weighted by Crippen LogP contribution is 2.20. The van der Waals surface area contributed by atoms with Crippen molar-refractivity contribution in [3.8, 4) is 10.7 Å². The number of hydrogen-bond donors (Lipinski definition) is 3. The summed E-state index contributed by atoms with van der Waals surface area (Å²) in [4.78, 5) is 31.5. The van der Waals surface area contributed by atoms with Gasteiger partial charge in [0.15, 0.2) is 0 Å². The van der Waals surface area contributed by atoms with Crippen LogP contribution in [-0.4, -0.2) is 36.9 Å². The Kier molecular flexibility index (Phi) is 4.69. The van der Waals surface area contributed by atoms with Crippen LogP contribution in [0.3, 0.4) is 0 Å². The van der Waals surface area contributed by atoms with E-state index >= 15 is 0 Å². The summed E-state index contributed by atoms with van der Waals surface area (Å²) in [7, 11) is 0. The number of nitrogens with zero attached hydrogens (tertiary/aromatic N) is 4. The molecule has 0 fully saturated rings. The van der Waals surface area contributed by atoms with E-state index in [1.165, 1.54) is 11.3 Å². The molecule has 0 aliphatic carbocycles. The second-order valence-electron chi connectivity index (χ2n) is 4.84. The predicted octanol–water partition coefficient (Wildman–Crippen LogP) is 0.509. The molecule has 0 spiro atoms. The van der Waals surface area contributed by atoms with Gasteiger partial charge in [-0.2, -0.15) is 0 Å². The van der Waals surface area contributed by atoms with Crippen LogP contribution in [0.4, 0.5) is 0 Å². The number of aromatic amines is 1. The van der Waals surface area contributed by atoms with E-state index in [9.17, 15) is 4.79 Å². The highest BCUT2D eigenvalue weighted by atomic mass is 32.1. The number of amides is 1. The largest absolute Gasteiger partial charge is 0.349 e. The van der Waals surface area contributed by atoms with Crippen LogP contribution in [0, 0.1) is 0 Å². The van der Waals surface area contributed by atoms with Gasteiger partial charge in [-0.05, 0) is 0 Å². The molecule has 0 unspecified atom stereocenters. The minimum Gasteiger partial charge on any atom is -0.349 e. The van der Waals surface area contributed by atoms with Crippen molar-refractivity contribution in [2.75, 3.05) is 0 Å². The van der Waals surface area contributed by atoms with Crippen molar-refractivity contribution in [1.29, 1.82) is 0 Å². The summed E-state index contributed by atoms with van der Waals surface area (Å²) in [6.07, 6.45) is 8.51. The molecule has 0 saturated heterocycles. The molecule has 0 saturated carbocycles. The van der Waals surface area contributed by atoms with Gasteiger partial charge < -0.3 is 16.0 Å². The number of carbonyl (C=O) groups is 1. The highest BCUT2D eigenvalue weighted by Gasteiger charge is 2.15. The van der Waals surface area contributed by atoms with Crippen LogP contribution in [0.2, 0.25) is 0 Å². The molecule has 4 N–H and O–H groups in total. The van der Waals surface area contributed by atoms with Crippen molar-refractivity contribution >= 4 is 17.2 Å². The van der Waals surface area contributed by atoms with E-state index in [2.05, 4.69) is 30.2 Å². The van der Waals surface area contributed by atoms with Gasteiger partial charge in [-0.1, -0.05) is 0 Å². The van der Waals surface area contributed by atoms with E-state index < -0.39 is 6.04 Å². The van der Waals surface area contributed by atoms with E-state index in [1.54, 1.807) is 31.1 Å². The molecule has 0 aliphatic rings. The second kappa shape index (κ2) is 7.07. The third-order valence-electron chi connectivity index (χ3n) is 3.11. The summed E-state index contributed by atoms with van der Waals surface area (Å²) in [6.45, 7) is 0.326. The van der Waals surface area contributed by atoms with Crippen molar-refractivity contribution < 1.29 is 4.79 Å². The molecule has 0 bridgehead atoms. The summed E-state index contributed by atoms with van der Waals surface area (Å²) in [5.41, 5.74) is 8.17. The molecule has 23 heavy (non-hydrogen) atoms. The molecule has 3 aromatic heterocycles. The number of imidazole rings is 1. The molecule has 1 amide bonds. The molecule has 0 aliphatic heterocycles. The van der Waals surface area contributed by atoms with Gasteiger partial charge in [0.05, 0.1) is 30.8 Å². The van der Waals surface area contributed by atoms with Gasteiger partial charge in [-0.25, -0.2) is 9.97 Å². The van der Waals surface area contributed by atoms with Gasteiger partial charge in [0.2, 0.25) is 5.91 Å². The number of carbonyl (C=O) groups excluding carboxylic acids is 1. The minimum atomic E-state index is -0.631. The van der Waals surface area contributed by atoms with Crippen molar-refractivity contribution in [3.63, 3.8) is 0 Å². The summed E-state index contributed by atoms with van der Waals surface area (Å²) in [6, 6.07) is -0.631. The zero-order valence-corrected chi connectivity index (χ0v) is 13.0. The lowest BCUT2D eigenvalue weighted by molar-refractivity contribution is -0.122. The quantitative estimate of drug-likeness (QED) is 0.605. The number of H-pyrrole nitrogens is 1. The minimum absolute atomic E-state index is 0.228. The van der Waals surface area contributed by atoms with Gasteiger partial charge in [0.25, 0.3) is 0 Å². The first kappa shape index (κ1) is 15.3. The maximum Gasteiger partial charge on any atom is 0.237 e. The monoisotopic (exact) mass is 329 g/mol. The van der Waals surface area contributed by atoms with Crippen LogP contribution in [0.25, 0.3) is 10.7 Å². The maximum atomic E-state index is 12.0.